The van der Waals surface area contributed by atoms with Crippen molar-refractivity contribution in [2.45, 2.75) is 38.6 Å². The summed E-state index contributed by atoms with van der Waals surface area (Å²) in [4.78, 5) is 14.5. The fraction of sp³-hybridized carbons (Fsp3) is 0.917. The number of fused-ring (bicyclic) bond motifs is 1. The van der Waals surface area contributed by atoms with Gasteiger partial charge in [0.1, 0.15) is 0 Å². The van der Waals surface area contributed by atoms with E-state index in [0.717, 1.165) is 38.4 Å². The van der Waals surface area contributed by atoms with Crippen LogP contribution in [-0.2, 0) is 4.79 Å². The number of carbonyl (C=O) groups excluding carboxylic acids is 1. The van der Waals surface area contributed by atoms with Crippen LogP contribution in [0.5, 0.6) is 0 Å². The first-order valence-electron chi connectivity index (χ1n) is 6.22. The number of rotatable bonds is 1. The summed E-state index contributed by atoms with van der Waals surface area (Å²) in [5.74, 6) is 1.20. The van der Waals surface area contributed by atoms with Gasteiger partial charge in [-0.3, -0.25) is 4.79 Å². The van der Waals surface area contributed by atoms with Crippen LogP contribution in [0.25, 0.3) is 0 Å². The van der Waals surface area contributed by atoms with Gasteiger partial charge >= 0.3 is 0 Å². The fourth-order valence-electron chi connectivity index (χ4n) is 3.07. The average molecular weight is 208 g/mol. The van der Waals surface area contributed by atoms with Gasteiger partial charge < -0.3 is 10.2 Å². The van der Waals surface area contributed by atoms with Crippen molar-refractivity contribution >= 4 is 5.91 Å². The van der Waals surface area contributed by atoms with Crippen LogP contribution >= 0.6 is 0 Å². The lowest BCUT2D eigenvalue weighted by atomic mass is 9.93. The second kappa shape index (κ2) is 3.21. The number of nitrogens with one attached hydrogen (secondary N) is 1. The van der Waals surface area contributed by atoms with Crippen LogP contribution in [-0.4, -0.2) is 36.5 Å². The summed E-state index contributed by atoms with van der Waals surface area (Å²) < 4.78 is 0. The van der Waals surface area contributed by atoms with E-state index < -0.39 is 0 Å². The third-order valence-corrected chi connectivity index (χ3v) is 4.51. The molecule has 0 aromatic heterocycles. The molecule has 84 valence electrons. The Kier molecular flexibility index (Phi) is 2.06. The lowest BCUT2D eigenvalue weighted by Gasteiger charge is -2.33. The zero-order valence-corrected chi connectivity index (χ0v) is 9.46. The lowest BCUT2D eigenvalue weighted by molar-refractivity contribution is -0.137. The van der Waals surface area contributed by atoms with Gasteiger partial charge in [-0.05, 0) is 38.1 Å². The van der Waals surface area contributed by atoms with Crippen molar-refractivity contribution in [3.05, 3.63) is 0 Å². The minimum atomic E-state index is 0.0202. The zero-order valence-electron chi connectivity index (χ0n) is 9.46. The van der Waals surface area contributed by atoms with Crippen molar-refractivity contribution in [1.29, 1.82) is 0 Å². The maximum absolute atomic E-state index is 12.3. The molecule has 1 N–H and O–H groups in total. The zero-order chi connectivity index (χ0) is 10.5. The van der Waals surface area contributed by atoms with Crippen molar-refractivity contribution in [2.24, 2.45) is 11.3 Å². The summed E-state index contributed by atoms with van der Waals surface area (Å²) in [6.45, 7) is 5.29. The second-order valence-corrected chi connectivity index (χ2v) is 5.67. The molecule has 3 fully saturated rings. The number of hydrogen-bond acceptors (Lipinski definition) is 2. The van der Waals surface area contributed by atoms with Crippen LogP contribution in [0.1, 0.15) is 32.6 Å². The van der Waals surface area contributed by atoms with E-state index >= 15 is 0 Å². The van der Waals surface area contributed by atoms with E-state index in [0.29, 0.717) is 11.9 Å². The Morgan fingerprint density at radius 1 is 1.40 bits per heavy atom. The smallest absolute Gasteiger partial charge is 0.228 e. The van der Waals surface area contributed by atoms with Gasteiger partial charge in [-0.15, -0.1) is 0 Å². The van der Waals surface area contributed by atoms with Gasteiger partial charge in [0.15, 0.2) is 0 Å². The summed E-state index contributed by atoms with van der Waals surface area (Å²) in [6, 6.07) is 0.503. The molecular formula is C12H20N2O. The maximum atomic E-state index is 12.3. The predicted octanol–water partition coefficient (Wildman–Crippen LogP) is 0.997. The average Bonchev–Trinajstić information content (AvgIpc) is 2.87. The fourth-order valence-corrected chi connectivity index (χ4v) is 3.07. The van der Waals surface area contributed by atoms with E-state index in [1.807, 2.05) is 0 Å². The highest BCUT2D eigenvalue weighted by Crippen LogP contribution is 2.48. The van der Waals surface area contributed by atoms with Crippen LogP contribution in [0.3, 0.4) is 0 Å². The van der Waals surface area contributed by atoms with Gasteiger partial charge in [-0.2, -0.15) is 0 Å². The Hall–Kier alpha value is -0.570. The summed E-state index contributed by atoms with van der Waals surface area (Å²) in [5, 5.41) is 3.42. The molecule has 0 bridgehead atoms. The van der Waals surface area contributed by atoms with Crippen LogP contribution < -0.4 is 5.32 Å². The summed E-state index contributed by atoms with van der Waals surface area (Å²) in [6.07, 6.45) is 4.69. The molecule has 2 heterocycles. The molecule has 0 radical (unpaired) electrons. The second-order valence-electron chi connectivity index (χ2n) is 5.67. The van der Waals surface area contributed by atoms with Gasteiger partial charge in [0.2, 0.25) is 5.91 Å². The summed E-state index contributed by atoms with van der Waals surface area (Å²) >= 11 is 0. The molecule has 0 aromatic carbocycles. The van der Waals surface area contributed by atoms with Crippen molar-refractivity contribution < 1.29 is 4.79 Å². The first kappa shape index (κ1) is 9.64. The van der Waals surface area contributed by atoms with E-state index in [2.05, 4.69) is 17.1 Å². The number of nitrogens with zero attached hydrogens (tertiary/aromatic N) is 1. The molecule has 15 heavy (non-hydrogen) atoms. The number of amides is 1. The van der Waals surface area contributed by atoms with E-state index in [9.17, 15) is 4.79 Å². The first-order chi connectivity index (χ1) is 7.21. The molecule has 1 aliphatic carbocycles. The van der Waals surface area contributed by atoms with Crippen molar-refractivity contribution in [1.82, 2.24) is 10.2 Å². The standard InChI is InChI=1S/C12H20N2O/c1-12(4-5-12)11(15)14-7-3-9-2-6-13-8-10(9)14/h9-10,13H,2-8H2,1H3/t9-,10-/m1/s1. The number of hydrogen-bond donors (Lipinski definition) is 1. The molecule has 0 unspecified atom stereocenters. The van der Waals surface area contributed by atoms with E-state index in [4.69, 9.17) is 0 Å². The normalized spacial score (nSPS) is 37.5. The SMILES string of the molecule is CC1(C(=O)N2CC[C@H]3CCNC[C@H]32)CC1. The number of piperidine rings is 1. The largest absolute Gasteiger partial charge is 0.338 e. The number of carbonyl (C=O) groups is 1. The highest BCUT2D eigenvalue weighted by molar-refractivity contribution is 5.85. The Bertz CT molecular complexity index is 285. The quantitative estimate of drug-likeness (QED) is 0.697. The molecule has 1 amide bonds. The molecular weight excluding hydrogens is 188 g/mol. The molecule has 3 aliphatic rings. The monoisotopic (exact) mass is 208 g/mol. The molecule has 3 nitrogen and oxygen atoms in total. The highest BCUT2D eigenvalue weighted by atomic mass is 16.2. The van der Waals surface area contributed by atoms with E-state index in [1.165, 1.54) is 12.8 Å². The molecule has 2 atom stereocenters. The Balaban J connectivity index is 1.74. The summed E-state index contributed by atoms with van der Waals surface area (Å²) in [7, 11) is 0. The molecule has 2 saturated heterocycles. The maximum Gasteiger partial charge on any atom is 0.228 e. The van der Waals surface area contributed by atoms with Crippen molar-refractivity contribution in [3.8, 4) is 0 Å². The molecule has 0 aromatic rings. The minimum absolute atomic E-state index is 0.0202. The molecule has 3 heteroatoms. The Morgan fingerprint density at radius 2 is 2.20 bits per heavy atom. The van der Waals surface area contributed by atoms with Crippen LogP contribution in [0.15, 0.2) is 0 Å². The lowest BCUT2D eigenvalue weighted by Crippen LogP contribution is -2.49. The molecule has 3 rings (SSSR count). The Morgan fingerprint density at radius 3 is 2.93 bits per heavy atom. The van der Waals surface area contributed by atoms with Gasteiger partial charge in [0.05, 0.1) is 0 Å². The van der Waals surface area contributed by atoms with Crippen molar-refractivity contribution in [3.63, 3.8) is 0 Å². The minimum Gasteiger partial charge on any atom is -0.338 e. The van der Waals surface area contributed by atoms with Gasteiger partial charge in [-0.1, -0.05) is 6.92 Å². The van der Waals surface area contributed by atoms with E-state index in [1.54, 1.807) is 0 Å². The third-order valence-electron chi connectivity index (χ3n) is 4.51. The van der Waals surface area contributed by atoms with Crippen LogP contribution in [0.2, 0.25) is 0 Å². The highest BCUT2D eigenvalue weighted by Gasteiger charge is 2.50. The first-order valence-corrected chi connectivity index (χ1v) is 6.22. The topological polar surface area (TPSA) is 32.3 Å². The van der Waals surface area contributed by atoms with Gasteiger partial charge in [-0.25, -0.2) is 0 Å². The van der Waals surface area contributed by atoms with Gasteiger partial charge in [0.25, 0.3) is 0 Å². The van der Waals surface area contributed by atoms with Crippen molar-refractivity contribution in [2.75, 3.05) is 19.6 Å². The molecule has 1 saturated carbocycles. The molecule has 0 spiro atoms. The van der Waals surface area contributed by atoms with Crippen LogP contribution in [0.4, 0.5) is 0 Å². The number of likely N-dealkylation sites (tertiary alicyclic amines) is 1. The van der Waals surface area contributed by atoms with Crippen LogP contribution in [0, 0.1) is 11.3 Å². The van der Waals surface area contributed by atoms with Gasteiger partial charge in [0, 0.05) is 24.5 Å². The third kappa shape index (κ3) is 1.48. The predicted molar refractivity (Wildman–Crippen MR) is 58.4 cm³/mol. The Labute approximate surface area is 91.2 Å². The summed E-state index contributed by atoms with van der Waals surface area (Å²) in [5.41, 5.74) is 0.0202. The van der Waals surface area contributed by atoms with E-state index in [-0.39, 0.29) is 5.41 Å². The molecule has 2 aliphatic heterocycles.